The van der Waals surface area contributed by atoms with E-state index in [0.29, 0.717) is 10.8 Å². The highest BCUT2D eigenvalue weighted by Crippen LogP contribution is 2.56. The maximum atomic E-state index is 2.41. The summed E-state index contributed by atoms with van der Waals surface area (Å²) in [6, 6.07) is 17.8. The van der Waals surface area contributed by atoms with Gasteiger partial charge in [-0.2, -0.15) is 0 Å². The van der Waals surface area contributed by atoms with Crippen molar-refractivity contribution in [2.45, 2.75) is 175 Å². The lowest BCUT2D eigenvalue weighted by atomic mass is 9.52. The molecule has 0 aliphatic heterocycles. The molecule has 0 amide bonds. The van der Waals surface area contributed by atoms with E-state index >= 15 is 0 Å². The van der Waals surface area contributed by atoms with Crippen molar-refractivity contribution in [3.8, 4) is 0 Å². The van der Waals surface area contributed by atoms with Gasteiger partial charge in [-0.05, 0) is 61.2 Å². The van der Waals surface area contributed by atoms with E-state index in [9.17, 15) is 0 Å². The van der Waals surface area contributed by atoms with E-state index in [1.54, 1.807) is 0 Å². The Hall–Kier alpha value is -2.08. The standard InChI is InChI=1S/2C14H22.C14H24.3CH4/c1-13(2,3)11-7-9-12(10-8-11)14(4,5)6;1-13(2,3)11-9-7-8-10-12(11)14(4,5)6;1-12(2,3)14(13(4,5)6)10-8-7-9-11-14;;;/h2*7-10H,1-6H3;7-10H,11H2,1-6H3;3*1H4. The summed E-state index contributed by atoms with van der Waals surface area (Å²) >= 11 is 0. The summed E-state index contributed by atoms with van der Waals surface area (Å²) in [5.41, 5.74) is 7.66. The zero-order chi connectivity index (χ0) is 33.0. The topological polar surface area (TPSA) is 0 Å². The molecule has 0 N–H and O–H groups in total. The Morgan fingerprint density at radius 3 is 0.911 bits per heavy atom. The van der Waals surface area contributed by atoms with E-state index in [4.69, 9.17) is 0 Å². The molecule has 1 aliphatic carbocycles. The minimum absolute atomic E-state index is 0. The monoisotopic (exact) mass is 621 g/mol. The third-order valence-electron chi connectivity index (χ3n) is 8.90. The number of allylic oxidation sites excluding steroid dienone is 4. The molecule has 0 fully saturated rings. The molecule has 0 spiro atoms. The summed E-state index contributed by atoms with van der Waals surface area (Å²) in [6.07, 6.45) is 10.2. The second-order valence-corrected chi connectivity index (χ2v) is 18.6. The van der Waals surface area contributed by atoms with Crippen LogP contribution < -0.4 is 0 Å². The minimum atomic E-state index is 0. The zero-order valence-corrected chi connectivity index (χ0v) is 31.1. The highest BCUT2D eigenvalue weighted by atomic mass is 14.5. The lowest BCUT2D eigenvalue weighted by molar-refractivity contribution is 0.0191. The van der Waals surface area contributed by atoms with Crippen LogP contribution in [0.15, 0.2) is 72.8 Å². The molecule has 0 heterocycles. The fourth-order valence-corrected chi connectivity index (χ4v) is 6.12. The van der Waals surface area contributed by atoms with Gasteiger partial charge >= 0.3 is 0 Å². The highest BCUT2D eigenvalue weighted by Gasteiger charge is 2.47. The third-order valence-corrected chi connectivity index (χ3v) is 8.90. The molecule has 260 valence electrons. The Morgan fingerprint density at radius 2 is 0.733 bits per heavy atom. The third kappa shape index (κ3) is 13.3. The average Bonchev–Trinajstić information content (AvgIpc) is 2.82. The van der Waals surface area contributed by atoms with Crippen LogP contribution in [0.25, 0.3) is 0 Å². The van der Waals surface area contributed by atoms with Crippen molar-refractivity contribution < 1.29 is 0 Å². The first-order chi connectivity index (χ1) is 18.6. The van der Waals surface area contributed by atoms with Crippen molar-refractivity contribution in [3.63, 3.8) is 0 Å². The molecule has 0 aromatic heterocycles. The Kier molecular flexibility index (Phi) is 17.5. The zero-order valence-electron chi connectivity index (χ0n) is 31.1. The molecule has 0 heteroatoms. The van der Waals surface area contributed by atoms with Gasteiger partial charge in [-0.1, -0.05) is 220 Å². The lowest BCUT2D eigenvalue weighted by Crippen LogP contribution is -2.45. The van der Waals surface area contributed by atoms with E-state index in [1.807, 2.05) is 0 Å². The van der Waals surface area contributed by atoms with Crippen molar-refractivity contribution >= 4 is 0 Å². The Bertz CT molecular complexity index is 1080. The average molecular weight is 621 g/mol. The van der Waals surface area contributed by atoms with Gasteiger partial charge in [-0.25, -0.2) is 0 Å². The highest BCUT2D eigenvalue weighted by molar-refractivity contribution is 5.37. The van der Waals surface area contributed by atoms with Crippen LogP contribution in [0.3, 0.4) is 0 Å². The molecule has 0 unspecified atom stereocenters. The molecule has 0 bridgehead atoms. The van der Waals surface area contributed by atoms with E-state index in [0.717, 1.165) is 6.42 Å². The van der Waals surface area contributed by atoms with Crippen molar-refractivity contribution in [3.05, 3.63) is 95.1 Å². The van der Waals surface area contributed by atoms with Crippen LogP contribution in [0.4, 0.5) is 0 Å². The normalized spacial score (nSPS) is 14.7. The van der Waals surface area contributed by atoms with Crippen molar-refractivity contribution in [1.82, 2.24) is 0 Å². The van der Waals surface area contributed by atoms with E-state index < -0.39 is 0 Å². The van der Waals surface area contributed by atoms with Crippen molar-refractivity contribution in [1.29, 1.82) is 0 Å². The van der Waals surface area contributed by atoms with E-state index in [2.05, 4.69) is 197 Å². The maximum Gasteiger partial charge on any atom is 0.00164 e. The largest absolute Gasteiger partial charge is 0.0836 e. The summed E-state index contributed by atoms with van der Waals surface area (Å²) in [4.78, 5) is 0. The molecule has 2 aromatic carbocycles. The van der Waals surface area contributed by atoms with Crippen molar-refractivity contribution in [2.75, 3.05) is 0 Å². The smallest absolute Gasteiger partial charge is 0.00164 e. The first-order valence-electron chi connectivity index (χ1n) is 16.2. The molecule has 0 atom stereocenters. The molecule has 0 saturated carbocycles. The van der Waals surface area contributed by atoms with Gasteiger partial charge in [-0.15, -0.1) is 0 Å². The number of benzene rings is 2. The Balaban J connectivity index is -0.000000569. The summed E-state index contributed by atoms with van der Waals surface area (Å²) in [5.74, 6) is 0. The van der Waals surface area contributed by atoms with Crippen LogP contribution in [0.5, 0.6) is 0 Å². The number of hydrogen-bond acceptors (Lipinski definition) is 0. The quantitative estimate of drug-likeness (QED) is 0.275. The van der Waals surface area contributed by atoms with Gasteiger partial charge in [0.05, 0.1) is 0 Å². The predicted octanol–water partition coefficient (Wildman–Crippen LogP) is 15.1. The molecular weight excluding hydrogens is 540 g/mol. The van der Waals surface area contributed by atoms with E-state index in [1.165, 1.54) is 22.3 Å². The number of rotatable bonds is 0. The van der Waals surface area contributed by atoms with Crippen LogP contribution in [-0.2, 0) is 21.7 Å². The van der Waals surface area contributed by atoms with Crippen LogP contribution in [0.2, 0.25) is 0 Å². The SMILES string of the molecule is C.C.C.CC(C)(C)C1(C(C)(C)C)C=CC=CC1.CC(C)(C)c1ccc(C(C)(C)C)cc1.CC(C)(C)c1ccccc1C(C)(C)C. The maximum absolute atomic E-state index is 2.41. The summed E-state index contributed by atoms with van der Waals surface area (Å²) in [7, 11) is 0. The van der Waals surface area contributed by atoms with Gasteiger partial charge in [-0.3, -0.25) is 0 Å². The minimum Gasteiger partial charge on any atom is -0.0836 e. The van der Waals surface area contributed by atoms with Crippen LogP contribution >= 0.6 is 0 Å². The summed E-state index contributed by atoms with van der Waals surface area (Å²) in [5, 5.41) is 0. The van der Waals surface area contributed by atoms with Gasteiger partial charge in [0.2, 0.25) is 0 Å². The predicted molar refractivity (Wildman–Crippen MR) is 212 cm³/mol. The second-order valence-electron chi connectivity index (χ2n) is 18.6. The van der Waals surface area contributed by atoms with Crippen LogP contribution in [0, 0.1) is 16.2 Å². The van der Waals surface area contributed by atoms with Gasteiger partial charge in [0.15, 0.2) is 0 Å². The van der Waals surface area contributed by atoms with Crippen LogP contribution in [0.1, 0.15) is 176 Å². The van der Waals surface area contributed by atoms with E-state index in [-0.39, 0.29) is 49.4 Å². The first kappa shape index (κ1) is 47.3. The van der Waals surface area contributed by atoms with Gasteiger partial charge in [0.25, 0.3) is 0 Å². The fourth-order valence-electron chi connectivity index (χ4n) is 6.12. The molecule has 3 rings (SSSR count). The molecular formula is C45H80. The molecule has 2 aromatic rings. The molecule has 45 heavy (non-hydrogen) atoms. The Labute approximate surface area is 285 Å². The number of hydrogen-bond donors (Lipinski definition) is 0. The van der Waals surface area contributed by atoms with Crippen molar-refractivity contribution in [2.24, 2.45) is 16.2 Å². The summed E-state index contributed by atoms with van der Waals surface area (Å²) in [6.45, 7) is 41.2. The fraction of sp³-hybridized carbons (Fsp3) is 0.644. The first-order valence-corrected chi connectivity index (χ1v) is 16.2. The molecule has 1 aliphatic rings. The molecule has 0 radical (unpaired) electrons. The van der Waals surface area contributed by atoms with Gasteiger partial charge in [0.1, 0.15) is 0 Å². The van der Waals surface area contributed by atoms with Gasteiger partial charge in [0, 0.05) is 5.41 Å². The molecule has 0 nitrogen and oxygen atoms in total. The van der Waals surface area contributed by atoms with Gasteiger partial charge < -0.3 is 0 Å². The Morgan fingerprint density at radius 1 is 0.422 bits per heavy atom. The molecule has 0 saturated heterocycles. The second kappa shape index (κ2) is 16.7. The lowest BCUT2D eigenvalue weighted by Gasteiger charge is -2.52. The summed E-state index contributed by atoms with van der Waals surface area (Å²) < 4.78 is 0. The van der Waals surface area contributed by atoms with Crippen LogP contribution in [-0.4, -0.2) is 0 Å².